The molecule has 0 bridgehead atoms. The zero-order valence-electron chi connectivity index (χ0n) is 10.9. The molecule has 0 aliphatic rings. The van der Waals surface area contributed by atoms with Gasteiger partial charge >= 0.3 is 0 Å². The maximum absolute atomic E-state index is 12.2. The molecule has 0 radical (unpaired) electrons. The summed E-state index contributed by atoms with van der Waals surface area (Å²) in [5.74, 6) is 0.0138. The lowest BCUT2D eigenvalue weighted by Crippen LogP contribution is -2.43. The third-order valence-corrected chi connectivity index (χ3v) is 2.81. The van der Waals surface area contributed by atoms with Gasteiger partial charge in [0, 0.05) is 12.2 Å². The third kappa shape index (κ3) is 3.56. The van der Waals surface area contributed by atoms with Crippen molar-refractivity contribution in [3.05, 3.63) is 29.8 Å². The highest BCUT2D eigenvalue weighted by molar-refractivity contribution is 5.97. The smallest absolute Gasteiger partial charge is 0.243 e. The van der Waals surface area contributed by atoms with Gasteiger partial charge in [-0.3, -0.25) is 4.79 Å². The molecule has 1 atom stereocenters. The molecule has 1 rings (SSSR count). The molecule has 0 spiro atoms. The lowest BCUT2D eigenvalue weighted by atomic mass is 10.1. The molecule has 2 N–H and O–H groups in total. The Labute approximate surface area is 104 Å². The molecule has 94 valence electrons. The van der Waals surface area contributed by atoms with Gasteiger partial charge in [-0.25, -0.2) is 0 Å². The van der Waals surface area contributed by atoms with Crippen LogP contribution < -0.4 is 10.6 Å². The summed E-state index contributed by atoms with van der Waals surface area (Å²) in [4.78, 5) is 13.9. The Bertz CT molecular complexity index is 376. The van der Waals surface area contributed by atoms with Crippen molar-refractivity contribution in [3.8, 4) is 0 Å². The summed E-state index contributed by atoms with van der Waals surface area (Å²) in [7, 11) is 0. The second-order valence-electron chi connectivity index (χ2n) is 4.32. The first-order chi connectivity index (χ1) is 8.10. The van der Waals surface area contributed by atoms with Gasteiger partial charge in [0.05, 0.1) is 6.04 Å². The van der Waals surface area contributed by atoms with Crippen molar-refractivity contribution in [1.82, 2.24) is 0 Å². The van der Waals surface area contributed by atoms with Gasteiger partial charge in [-0.05, 0) is 38.0 Å². The van der Waals surface area contributed by atoms with Crippen LogP contribution in [0.1, 0.15) is 32.3 Å². The number of carbonyl (C=O) groups is 1. The number of aryl methyl sites for hydroxylation is 1. The van der Waals surface area contributed by atoms with Crippen LogP contribution in [0.3, 0.4) is 0 Å². The fourth-order valence-electron chi connectivity index (χ4n) is 1.90. The number of nitrogens with zero attached hydrogens (tertiary/aromatic N) is 1. The minimum absolute atomic E-state index is 0.0138. The van der Waals surface area contributed by atoms with E-state index in [1.54, 1.807) is 4.90 Å². The molecule has 1 aromatic rings. The SMILES string of the molecule is CCC[C@H](N)C(=O)N(CC)c1cccc(C)c1. The molecule has 0 saturated heterocycles. The van der Waals surface area contributed by atoms with Crippen molar-refractivity contribution in [3.63, 3.8) is 0 Å². The molecule has 3 nitrogen and oxygen atoms in total. The third-order valence-electron chi connectivity index (χ3n) is 2.81. The van der Waals surface area contributed by atoms with Gasteiger partial charge in [-0.15, -0.1) is 0 Å². The molecule has 0 saturated carbocycles. The van der Waals surface area contributed by atoms with Crippen LogP contribution in [0.25, 0.3) is 0 Å². The molecule has 0 fully saturated rings. The summed E-state index contributed by atoms with van der Waals surface area (Å²) in [6.07, 6.45) is 1.67. The normalized spacial score (nSPS) is 12.2. The molecule has 0 aliphatic heterocycles. The second kappa shape index (κ2) is 6.40. The van der Waals surface area contributed by atoms with Crippen LogP contribution >= 0.6 is 0 Å². The van der Waals surface area contributed by atoms with Crippen molar-refractivity contribution in [1.29, 1.82) is 0 Å². The van der Waals surface area contributed by atoms with Crippen LogP contribution in [0.4, 0.5) is 5.69 Å². The van der Waals surface area contributed by atoms with Crippen LogP contribution in [-0.4, -0.2) is 18.5 Å². The Kier molecular flexibility index (Phi) is 5.16. The van der Waals surface area contributed by atoms with Crippen LogP contribution in [-0.2, 0) is 4.79 Å². The molecule has 1 aromatic carbocycles. The Morgan fingerprint density at radius 3 is 2.65 bits per heavy atom. The van der Waals surface area contributed by atoms with E-state index in [0.29, 0.717) is 6.54 Å². The van der Waals surface area contributed by atoms with Gasteiger partial charge in [0.2, 0.25) is 5.91 Å². The summed E-state index contributed by atoms with van der Waals surface area (Å²) in [5, 5.41) is 0. The topological polar surface area (TPSA) is 46.3 Å². The zero-order valence-corrected chi connectivity index (χ0v) is 10.9. The maximum Gasteiger partial charge on any atom is 0.243 e. The van der Waals surface area contributed by atoms with E-state index >= 15 is 0 Å². The number of hydrogen-bond acceptors (Lipinski definition) is 2. The summed E-state index contributed by atoms with van der Waals surface area (Å²) in [6.45, 7) is 6.68. The first kappa shape index (κ1) is 13.7. The van der Waals surface area contributed by atoms with Crippen molar-refractivity contribution in [2.75, 3.05) is 11.4 Å². The number of benzene rings is 1. The lowest BCUT2D eigenvalue weighted by Gasteiger charge is -2.24. The van der Waals surface area contributed by atoms with E-state index in [2.05, 4.69) is 0 Å². The van der Waals surface area contributed by atoms with Gasteiger partial charge in [0.1, 0.15) is 0 Å². The van der Waals surface area contributed by atoms with Crippen molar-refractivity contribution in [2.45, 2.75) is 39.7 Å². The molecule has 0 heterocycles. The van der Waals surface area contributed by atoms with Gasteiger partial charge < -0.3 is 10.6 Å². The molecular formula is C14H22N2O. The van der Waals surface area contributed by atoms with Crippen molar-refractivity contribution < 1.29 is 4.79 Å². The number of carbonyl (C=O) groups excluding carboxylic acids is 1. The Hall–Kier alpha value is -1.35. The number of anilines is 1. The summed E-state index contributed by atoms with van der Waals surface area (Å²) < 4.78 is 0. The minimum atomic E-state index is -0.388. The van der Waals surface area contributed by atoms with Crippen molar-refractivity contribution >= 4 is 11.6 Å². The first-order valence-electron chi connectivity index (χ1n) is 6.23. The minimum Gasteiger partial charge on any atom is -0.320 e. The highest BCUT2D eigenvalue weighted by atomic mass is 16.2. The lowest BCUT2D eigenvalue weighted by molar-refractivity contribution is -0.119. The average molecular weight is 234 g/mol. The van der Waals surface area contributed by atoms with Crippen LogP contribution in [0, 0.1) is 6.92 Å². The van der Waals surface area contributed by atoms with Gasteiger partial charge in [0.25, 0.3) is 0 Å². The monoisotopic (exact) mass is 234 g/mol. The summed E-state index contributed by atoms with van der Waals surface area (Å²) in [5.41, 5.74) is 7.97. The molecule has 1 amide bonds. The Balaban J connectivity index is 2.88. The highest BCUT2D eigenvalue weighted by Crippen LogP contribution is 2.17. The van der Waals surface area contributed by atoms with Gasteiger partial charge in [-0.2, -0.15) is 0 Å². The second-order valence-corrected chi connectivity index (χ2v) is 4.32. The Morgan fingerprint density at radius 2 is 2.12 bits per heavy atom. The number of nitrogens with two attached hydrogens (primary N) is 1. The number of rotatable bonds is 5. The van der Waals surface area contributed by atoms with E-state index in [-0.39, 0.29) is 11.9 Å². The van der Waals surface area contributed by atoms with E-state index < -0.39 is 0 Å². The zero-order chi connectivity index (χ0) is 12.8. The van der Waals surface area contributed by atoms with Crippen molar-refractivity contribution in [2.24, 2.45) is 5.73 Å². The van der Waals surface area contributed by atoms with E-state index in [0.717, 1.165) is 24.1 Å². The van der Waals surface area contributed by atoms with Gasteiger partial charge in [-0.1, -0.05) is 25.5 Å². The van der Waals surface area contributed by atoms with E-state index in [1.807, 2.05) is 45.0 Å². The fourth-order valence-corrected chi connectivity index (χ4v) is 1.90. The van der Waals surface area contributed by atoms with E-state index in [9.17, 15) is 4.79 Å². The standard InChI is InChI=1S/C14H22N2O/c1-4-7-13(15)14(17)16(5-2)12-9-6-8-11(3)10-12/h6,8-10,13H,4-5,7,15H2,1-3H3/t13-/m0/s1. The fraction of sp³-hybridized carbons (Fsp3) is 0.500. The number of amides is 1. The number of hydrogen-bond donors (Lipinski definition) is 1. The van der Waals surface area contributed by atoms with E-state index in [4.69, 9.17) is 5.73 Å². The Morgan fingerprint density at radius 1 is 1.41 bits per heavy atom. The number of likely N-dealkylation sites (N-methyl/N-ethyl adjacent to an activating group) is 1. The maximum atomic E-state index is 12.2. The molecule has 3 heteroatoms. The summed E-state index contributed by atoms with van der Waals surface area (Å²) >= 11 is 0. The molecule has 0 aromatic heterocycles. The molecular weight excluding hydrogens is 212 g/mol. The van der Waals surface area contributed by atoms with Crippen LogP contribution in [0.15, 0.2) is 24.3 Å². The quantitative estimate of drug-likeness (QED) is 0.850. The predicted molar refractivity (Wildman–Crippen MR) is 72.1 cm³/mol. The van der Waals surface area contributed by atoms with Gasteiger partial charge in [0.15, 0.2) is 0 Å². The molecule has 0 unspecified atom stereocenters. The largest absolute Gasteiger partial charge is 0.320 e. The average Bonchev–Trinajstić information content (AvgIpc) is 2.30. The molecule has 17 heavy (non-hydrogen) atoms. The summed E-state index contributed by atoms with van der Waals surface area (Å²) in [6, 6.07) is 7.56. The van der Waals surface area contributed by atoms with Crippen LogP contribution in [0.5, 0.6) is 0 Å². The molecule has 0 aliphatic carbocycles. The first-order valence-corrected chi connectivity index (χ1v) is 6.23. The van der Waals surface area contributed by atoms with Crippen LogP contribution in [0.2, 0.25) is 0 Å². The highest BCUT2D eigenvalue weighted by Gasteiger charge is 2.20. The van der Waals surface area contributed by atoms with E-state index in [1.165, 1.54) is 0 Å². The predicted octanol–water partition coefficient (Wildman–Crippen LogP) is 2.48.